The van der Waals surface area contributed by atoms with Crippen LogP contribution in [0.4, 0.5) is 23.2 Å². The van der Waals surface area contributed by atoms with E-state index in [1.165, 1.54) is 6.07 Å². The molecule has 1 atom stereocenters. The van der Waals surface area contributed by atoms with Crippen molar-refractivity contribution >= 4 is 29.3 Å². The summed E-state index contributed by atoms with van der Waals surface area (Å²) < 4.78 is 93.1. The molecule has 0 aromatic heterocycles. The number of anilines is 1. The normalized spacial score (nSPS) is 13.4. The molecular formula is C18H13F4N2Na2O7PS. The van der Waals surface area contributed by atoms with E-state index in [1.807, 2.05) is 5.32 Å². The molecule has 0 unspecified atom stereocenters. The number of rotatable bonds is 7. The molecular weight excluding hydrogens is 541 g/mol. The first kappa shape index (κ1) is 34.2. The Bertz CT molecular complexity index is 1270. The summed E-state index contributed by atoms with van der Waals surface area (Å²) in [4.78, 5) is 34.5. The summed E-state index contributed by atoms with van der Waals surface area (Å²) in [5.74, 6) is -3.82. The minimum Gasteiger partial charge on any atom is -0.790 e. The Morgan fingerprint density at radius 2 is 1.69 bits per heavy atom. The molecule has 0 saturated heterocycles. The van der Waals surface area contributed by atoms with Gasteiger partial charge in [-0.15, -0.1) is 0 Å². The molecule has 2 rings (SSSR count). The van der Waals surface area contributed by atoms with Crippen molar-refractivity contribution in [1.29, 1.82) is 5.26 Å². The number of carbonyl (C=O) groups is 1. The molecule has 0 saturated carbocycles. The van der Waals surface area contributed by atoms with Crippen molar-refractivity contribution in [2.24, 2.45) is 0 Å². The van der Waals surface area contributed by atoms with E-state index >= 15 is 0 Å². The van der Waals surface area contributed by atoms with Crippen LogP contribution in [0.25, 0.3) is 0 Å². The minimum atomic E-state index is -5.99. The Labute approximate surface area is 241 Å². The van der Waals surface area contributed by atoms with E-state index < -0.39 is 68.6 Å². The van der Waals surface area contributed by atoms with Crippen molar-refractivity contribution in [3.8, 4) is 6.07 Å². The van der Waals surface area contributed by atoms with Gasteiger partial charge in [-0.2, -0.15) is 18.4 Å². The summed E-state index contributed by atoms with van der Waals surface area (Å²) in [5.41, 5.74) is -5.71. The molecule has 2 aromatic rings. The number of nitriles is 1. The molecule has 0 bridgehead atoms. The summed E-state index contributed by atoms with van der Waals surface area (Å²) in [6, 6.07) is 6.43. The summed E-state index contributed by atoms with van der Waals surface area (Å²) in [5, 5.41) is 10.7. The molecule has 1 amide bonds. The van der Waals surface area contributed by atoms with Crippen LogP contribution in [0, 0.1) is 17.1 Å². The van der Waals surface area contributed by atoms with Crippen LogP contribution in [0.3, 0.4) is 0 Å². The van der Waals surface area contributed by atoms with Gasteiger partial charge in [0.2, 0.25) is 0 Å². The number of benzene rings is 2. The summed E-state index contributed by atoms with van der Waals surface area (Å²) in [7, 11) is -10.5. The zero-order chi connectivity index (χ0) is 25.2. The molecule has 0 aliphatic carbocycles. The number of nitrogens with zero attached hydrogens (tertiary/aromatic N) is 1. The first-order chi connectivity index (χ1) is 15.0. The number of halogens is 4. The third-order valence-corrected chi connectivity index (χ3v) is 6.68. The first-order valence-corrected chi connectivity index (χ1v) is 11.7. The van der Waals surface area contributed by atoms with Crippen molar-refractivity contribution in [2.45, 2.75) is 23.6 Å². The Balaban J connectivity index is 0.00000578. The van der Waals surface area contributed by atoms with Crippen molar-refractivity contribution in [3.63, 3.8) is 0 Å². The van der Waals surface area contributed by atoms with Crippen LogP contribution >= 0.6 is 7.82 Å². The fourth-order valence-electron chi connectivity index (χ4n) is 2.69. The van der Waals surface area contributed by atoms with Crippen LogP contribution < -0.4 is 74.2 Å². The third-order valence-electron chi connectivity index (χ3n) is 4.14. The summed E-state index contributed by atoms with van der Waals surface area (Å²) in [6.07, 6.45) is -4.99. The standard InChI is InChI=1S/C18H15F4N2O7PS.2Na/c1-17(31-32(26,27)28,10-33(29,30)14-6-3-12(19)4-7-14)16(25)24-13-5-2-11(9-23)15(8-13)18(20,21)22;;/h2-8H,10H2,1H3,(H,24,25)(H2,26,27,28);;/q;2*+1/p-2/t17-;;/m1../s1. The second-order valence-corrected chi connectivity index (χ2v) is 9.87. The van der Waals surface area contributed by atoms with Gasteiger partial charge >= 0.3 is 65.3 Å². The molecule has 2 aromatic carbocycles. The molecule has 0 spiro atoms. The van der Waals surface area contributed by atoms with Crippen LogP contribution in [0.1, 0.15) is 18.1 Å². The van der Waals surface area contributed by atoms with Gasteiger partial charge < -0.3 is 24.2 Å². The zero-order valence-corrected chi connectivity index (χ0v) is 24.1. The number of carbonyl (C=O) groups excluding carboxylic acids is 1. The van der Waals surface area contributed by atoms with Crippen molar-refractivity contribution < 1.29 is 109 Å². The largest absolute Gasteiger partial charge is 1.00 e. The molecule has 0 radical (unpaired) electrons. The molecule has 178 valence electrons. The number of hydrogen-bond donors (Lipinski definition) is 1. The number of nitrogens with one attached hydrogen (secondary N) is 1. The van der Waals surface area contributed by atoms with Gasteiger partial charge in [0, 0.05) is 5.69 Å². The molecule has 0 aliphatic heterocycles. The molecule has 35 heavy (non-hydrogen) atoms. The Hall–Kier alpha value is -0.820. The van der Waals surface area contributed by atoms with E-state index in [0.717, 1.165) is 36.4 Å². The Morgan fingerprint density at radius 1 is 1.14 bits per heavy atom. The second-order valence-electron chi connectivity index (χ2n) is 6.81. The van der Waals surface area contributed by atoms with Crippen molar-refractivity contribution in [3.05, 3.63) is 59.4 Å². The maximum atomic E-state index is 13.1. The fourth-order valence-corrected chi connectivity index (χ4v) is 5.05. The maximum Gasteiger partial charge on any atom is 1.00 e. The van der Waals surface area contributed by atoms with Gasteiger partial charge in [0.1, 0.15) is 5.82 Å². The number of alkyl halides is 3. The predicted octanol–water partition coefficient (Wildman–Crippen LogP) is -4.26. The summed E-state index contributed by atoms with van der Waals surface area (Å²) >= 11 is 0. The van der Waals surface area contributed by atoms with Gasteiger partial charge in [0.25, 0.3) is 5.91 Å². The Morgan fingerprint density at radius 3 is 2.14 bits per heavy atom. The molecule has 17 heteroatoms. The minimum absolute atomic E-state index is 0. The predicted molar refractivity (Wildman–Crippen MR) is 100 cm³/mol. The van der Waals surface area contributed by atoms with Gasteiger partial charge in [-0.3, -0.25) is 4.79 Å². The van der Waals surface area contributed by atoms with E-state index in [2.05, 4.69) is 4.52 Å². The van der Waals surface area contributed by atoms with Gasteiger partial charge in [0.15, 0.2) is 15.4 Å². The quantitative estimate of drug-likeness (QED) is 0.156. The fraction of sp³-hybridized carbons (Fsp3) is 0.222. The van der Waals surface area contributed by atoms with Gasteiger partial charge in [-0.1, -0.05) is 0 Å². The van der Waals surface area contributed by atoms with E-state index in [4.69, 9.17) is 5.26 Å². The molecule has 0 aliphatic rings. The number of phosphoric ester groups is 1. The van der Waals surface area contributed by atoms with Gasteiger partial charge in [0.05, 0.1) is 35.7 Å². The topological polar surface area (TPSA) is 159 Å². The maximum absolute atomic E-state index is 13.1. The van der Waals surface area contributed by atoms with Crippen LogP contribution in [0.5, 0.6) is 0 Å². The third kappa shape index (κ3) is 9.53. The van der Waals surface area contributed by atoms with Crippen LogP contribution in [0.15, 0.2) is 47.4 Å². The van der Waals surface area contributed by atoms with E-state index in [-0.39, 0.29) is 59.1 Å². The first-order valence-electron chi connectivity index (χ1n) is 8.61. The van der Waals surface area contributed by atoms with Crippen molar-refractivity contribution in [2.75, 3.05) is 11.1 Å². The molecule has 1 N–H and O–H groups in total. The van der Waals surface area contributed by atoms with Crippen LogP contribution in [0.2, 0.25) is 0 Å². The van der Waals surface area contributed by atoms with Crippen LogP contribution in [-0.4, -0.2) is 25.7 Å². The van der Waals surface area contributed by atoms with Gasteiger partial charge in [-0.25, -0.2) is 12.8 Å². The van der Waals surface area contributed by atoms with Crippen LogP contribution in [-0.2, 0) is 29.9 Å². The smallest absolute Gasteiger partial charge is 0.790 e. The SMILES string of the molecule is C[C@](CS(=O)(=O)c1ccc(F)cc1)(OP(=O)([O-])[O-])C(=O)Nc1ccc(C#N)c(C(F)(F)F)c1.[Na+].[Na+]. The number of phosphoric acid groups is 1. The molecule has 9 nitrogen and oxygen atoms in total. The average molecular weight is 554 g/mol. The molecule has 0 heterocycles. The van der Waals surface area contributed by atoms with E-state index in [0.29, 0.717) is 13.0 Å². The molecule has 0 fully saturated rings. The number of amides is 1. The van der Waals surface area contributed by atoms with E-state index in [1.54, 1.807) is 0 Å². The Kier molecular flexibility index (Phi) is 12.3. The number of hydrogen-bond acceptors (Lipinski definition) is 8. The van der Waals surface area contributed by atoms with Gasteiger partial charge in [-0.05, 0) is 49.4 Å². The average Bonchev–Trinajstić information content (AvgIpc) is 2.65. The second kappa shape index (κ2) is 12.6. The number of sulfone groups is 1. The monoisotopic (exact) mass is 554 g/mol. The summed E-state index contributed by atoms with van der Waals surface area (Å²) in [6.45, 7) is 0.625. The van der Waals surface area contributed by atoms with Crippen molar-refractivity contribution in [1.82, 2.24) is 0 Å². The van der Waals surface area contributed by atoms with E-state index in [9.17, 15) is 45.1 Å². The zero-order valence-electron chi connectivity index (χ0n) is 18.4.